The number of alkyl carbamates (subject to hydrolysis) is 1. The minimum atomic E-state index is -1.06. The normalized spacial score (nSPS) is 12.4. The first-order valence-electron chi connectivity index (χ1n) is 6.87. The zero-order valence-electron chi connectivity index (χ0n) is 13.3. The third kappa shape index (κ3) is 6.71. The SMILES string of the molecule is C[S@@](=O)c1ccc(C(=O)NCCNC(=O)OC(C)(C)C)cc1. The molecule has 0 spiro atoms. The summed E-state index contributed by atoms with van der Waals surface area (Å²) in [6.07, 6.45) is 1.06. The highest BCUT2D eigenvalue weighted by Gasteiger charge is 2.15. The summed E-state index contributed by atoms with van der Waals surface area (Å²) in [6.45, 7) is 5.90. The summed E-state index contributed by atoms with van der Waals surface area (Å²) >= 11 is 0. The second kappa shape index (κ2) is 7.93. The number of carbonyl (C=O) groups excluding carboxylic acids is 2. The number of carbonyl (C=O) groups is 2. The summed E-state index contributed by atoms with van der Waals surface area (Å²) < 4.78 is 16.3. The summed E-state index contributed by atoms with van der Waals surface area (Å²) in [6, 6.07) is 6.55. The summed E-state index contributed by atoms with van der Waals surface area (Å²) in [4.78, 5) is 23.9. The molecule has 0 saturated carbocycles. The molecule has 0 aliphatic rings. The van der Waals surface area contributed by atoms with Gasteiger partial charge in [0.1, 0.15) is 5.60 Å². The Bertz CT molecular complexity index is 550. The Morgan fingerprint density at radius 2 is 1.64 bits per heavy atom. The molecule has 2 N–H and O–H groups in total. The zero-order valence-corrected chi connectivity index (χ0v) is 14.1. The van der Waals surface area contributed by atoms with Crippen LogP contribution in [0.25, 0.3) is 0 Å². The van der Waals surface area contributed by atoms with E-state index in [4.69, 9.17) is 4.74 Å². The van der Waals surface area contributed by atoms with Crippen LogP contribution in [0.2, 0.25) is 0 Å². The molecule has 7 heteroatoms. The van der Waals surface area contributed by atoms with Gasteiger partial charge in [-0.05, 0) is 45.0 Å². The Morgan fingerprint density at radius 3 is 2.14 bits per heavy atom. The fraction of sp³-hybridized carbons (Fsp3) is 0.467. The lowest BCUT2D eigenvalue weighted by Crippen LogP contribution is -2.37. The number of hydrogen-bond donors (Lipinski definition) is 2. The highest BCUT2D eigenvalue weighted by molar-refractivity contribution is 7.84. The van der Waals surface area contributed by atoms with E-state index in [2.05, 4.69) is 10.6 Å². The predicted molar refractivity (Wildman–Crippen MR) is 85.3 cm³/mol. The molecule has 1 aromatic rings. The summed E-state index contributed by atoms with van der Waals surface area (Å²) in [7, 11) is -1.06. The molecule has 1 rings (SSSR count). The van der Waals surface area contributed by atoms with E-state index < -0.39 is 22.5 Å². The maximum Gasteiger partial charge on any atom is 0.407 e. The van der Waals surface area contributed by atoms with Crippen molar-refractivity contribution in [3.05, 3.63) is 29.8 Å². The Kier molecular flexibility index (Phi) is 6.55. The Hall–Kier alpha value is -1.89. The van der Waals surface area contributed by atoms with E-state index >= 15 is 0 Å². The quantitative estimate of drug-likeness (QED) is 0.806. The van der Waals surface area contributed by atoms with E-state index in [-0.39, 0.29) is 12.5 Å². The highest BCUT2D eigenvalue weighted by atomic mass is 32.2. The van der Waals surface area contributed by atoms with Crippen LogP contribution in [0.15, 0.2) is 29.2 Å². The molecular weight excluding hydrogens is 304 g/mol. The van der Waals surface area contributed by atoms with Gasteiger partial charge in [-0.3, -0.25) is 9.00 Å². The van der Waals surface area contributed by atoms with Crippen molar-refractivity contribution in [2.45, 2.75) is 31.3 Å². The predicted octanol–water partition coefficient (Wildman–Crippen LogP) is 1.68. The van der Waals surface area contributed by atoms with E-state index in [1.807, 2.05) is 0 Å². The van der Waals surface area contributed by atoms with Crippen LogP contribution in [0.5, 0.6) is 0 Å². The van der Waals surface area contributed by atoms with Gasteiger partial charge in [-0.1, -0.05) is 0 Å². The number of nitrogens with one attached hydrogen (secondary N) is 2. The molecule has 2 amide bonds. The van der Waals surface area contributed by atoms with Gasteiger partial charge in [0.15, 0.2) is 0 Å². The molecule has 0 heterocycles. The van der Waals surface area contributed by atoms with Crippen molar-refractivity contribution >= 4 is 22.8 Å². The minimum Gasteiger partial charge on any atom is -0.444 e. The summed E-state index contributed by atoms with van der Waals surface area (Å²) in [5.41, 5.74) is -0.0690. The molecule has 0 aliphatic carbocycles. The van der Waals surface area contributed by atoms with Gasteiger partial charge in [0.2, 0.25) is 0 Å². The lowest BCUT2D eigenvalue weighted by atomic mass is 10.2. The lowest BCUT2D eigenvalue weighted by molar-refractivity contribution is 0.0526. The standard InChI is InChI=1S/C15H22N2O4S/c1-15(2,3)21-14(19)17-10-9-16-13(18)11-5-7-12(8-6-11)22(4)20/h5-8H,9-10H2,1-4H3,(H,16,18)(H,17,19)/t22-/m1/s1. The van der Waals surface area contributed by atoms with E-state index in [1.165, 1.54) is 0 Å². The third-order valence-electron chi connectivity index (χ3n) is 2.53. The van der Waals surface area contributed by atoms with Crippen LogP contribution < -0.4 is 10.6 Å². The number of rotatable bonds is 5. The average molecular weight is 326 g/mol. The fourth-order valence-electron chi connectivity index (χ4n) is 1.55. The van der Waals surface area contributed by atoms with Gasteiger partial charge < -0.3 is 15.4 Å². The monoisotopic (exact) mass is 326 g/mol. The van der Waals surface area contributed by atoms with Crippen LogP contribution in [0, 0.1) is 0 Å². The Morgan fingerprint density at radius 1 is 1.09 bits per heavy atom. The van der Waals surface area contributed by atoms with E-state index in [0.29, 0.717) is 17.0 Å². The molecule has 0 fully saturated rings. The van der Waals surface area contributed by atoms with Crippen molar-refractivity contribution in [3.63, 3.8) is 0 Å². The van der Waals surface area contributed by atoms with Gasteiger partial charge in [-0.2, -0.15) is 0 Å². The Labute approximate surface area is 133 Å². The average Bonchev–Trinajstić information content (AvgIpc) is 2.41. The summed E-state index contributed by atoms with van der Waals surface area (Å²) in [5.74, 6) is -0.251. The maximum absolute atomic E-state index is 11.9. The van der Waals surface area contributed by atoms with Crippen molar-refractivity contribution in [1.29, 1.82) is 0 Å². The molecule has 0 radical (unpaired) electrons. The molecule has 0 unspecified atom stereocenters. The maximum atomic E-state index is 11.9. The first-order chi connectivity index (χ1) is 10.2. The van der Waals surface area contributed by atoms with Crippen LogP contribution in [0.4, 0.5) is 4.79 Å². The number of benzene rings is 1. The molecule has 0 aromatic heterocycles. The second-order valence-corrected chi connectivity index (χ2v) is 7.04. The van der Waals surface area contributed by atoms with Crippen molar-refractivity contribution < 1.29 is 18.5 Å². The molecule has 6 nitrogen and oxygen atoms in total. The molecule has 0 saturated heterocycles. The van der Waals surface area contributed by atoms with Gasteiger partial charge >= 0.3 is 6.09 Å². The number of hydrogen-bond acceptors (Lipinski definition) is 4. The van der Waals surface area contributed by atoms with Gasteiger partial charge in [0.05, 0.1) is 0 Å². The molecular formula is C15H22N2O4S. The van der Waals surface area contributed by atoms with Crippen LogP contribution in [-0.4, -0.2) is 41.2 Å². The number of amides is 2. The van der Waals surface area contributed by atoms with E-state index in [0.717, 1.165) is 0 Å². The lowest BCUT2D eigenvalue weighted by Gasteiger charge is -2.19. The first kappa shape index (κ1) is 18.2. The van der Waals surface area contributed by atoms with E-state index in [9.17, 15) is 13.8 Å². The first-order valence-corrected chi connectivity index (χ1v) is 8.43. The molecule has 22 heavy (non-hydrogen) atoms. The van der Waals surface area contributed by atoms with Gasteiger partial charge in [0, 0.05) is 40.6 Å². The molecule has 0 bridgehead atoms. The van der Waals surface area contributed by atoms with Crippen molar-refractivity contribution in [2.75, 3.05) is 19.3 Å². The fourth-order valence-corrected chi connectivity index (χ4v) is 2.07. The molecule has 122 valence electrons. The Balaban J connectivity index is 2.34. The molecule has 1 aromatic carbocycles. The van der Waals surface area contributed by atoms with Gasteiger partial charge in [-0.15, -0.1) is 0 Å². The van der Waals surface area contributed by atoms with Crippen LogP contribution in [0.1, 0.15) is 31.1 Å². The molecule has 0 aliphatic heterocycles. The van der Waals surface area contributed by atoms with Crippen molar-refractivity contribution in [1.82, 2.24) is 10.6 Å². The number of ether oxygens (including phenoxy) is 1. The largest absolute Gasteiger partial charge is 0.444 e. The van der Waals surface area contributed by atoms with Crippen molar-refractivity contribution in [2.24, 2.45) is 0 Å². The third-order valence-corrected chi connectivity index (χ3v) is 3.46. The summed E-state index contributed by atoms with van der Waals surface area (Å²) in [5, 5.41) is 5.23. The van der Waals surface area contributed by atoms with E-state index in [1.54, 1.807) is 51.3 Å². The topological polar surface area (TPSA) is 84.5 Å². The van der Waals surface area contributed by atoms with Crippen LogP contribution >= 0.6 is 0 Å². The van der Waals surface area contributed by atoms with Gasteiger partial charge in [0.25, 0.3) is 5.91 Å². The zero-order chi connectivity index (χ0) is 16.8. The molecule has 1 atom stereocenters. The van der Waals surface area contributed by atoms with Crippen molar-refractivity contribution in [3.8, 4) is 0 Å². The van der Waals surface area contributed by atoms with Crippen LogP contribution in [-0.2, 0) is 15.5 Å². The smallest absolute Gasteiger partial charge is 0.407 e. The van der Waals surface area contributed by atoms with Crippen LogP contribution in [0.3, 0.4) is 0 Å². The second-order valence-electron chi connectivity index (χ2n) is 5.66. The highest BCUT2D eigenvalue weighted by Crippen LogP contribution is 2.07. The minimum absolute atomic E-state index is 0.251. The van der Waals surface area contributed by atoms with Gasteiger partial charge in [-0.25, -0.2) is 4.79 Å².